The Morgan fingerprint density at radius 1 is 0.500 bits per heavy atom. The molecule has 0 aliphatic heterocycles. The molecule has 0 heterocycles. The van der Waals surface area contributed by atoms with E-state index in [1.165, 1.54) is 22.1 Å². The number of rotatable bonds is 2. The van der Waals surface area contributed by atoms with Crippen molar-refractivity contribution in [2.45, 2.75) is 0 Å². The quantitative estimate of drug-likeness (QED) is 0.424. The molecule has 0 aliphatic carbocycles. The average molecular weight is 279 g/mol. The Bertz CT molecular complexity index is 920. The fourth-order valence-electron chi connectivity index (χ4n) is 2.86. The van der Waals surface area contributed by atoms with Crippen molar-refractivity contribution in [2.24, 2.45) is 0 Å². The third kappa shape index (κ3) is 2.29. The fraction of sp³-hybridized carbons (Fsp3) is 0. The second-order valence-corrected chi connectivity index (χ2v) is 5.37. The average Bonchev–Trinajstić information content (AvgIpc) is 2.62. The summed E-state index contributed by atoms with van der Waals surface area (Å²) in [4.78, 5) is 0. The predicted molar refractivity (Wildman–Crippen MR) is 93.7 cm³/mol. The van der Waals surface area contributed by atoms with Crippen LogP contribution in [0.25, 0.3) is 33.0 Å². The summed E-state index contributed by atoms with van der Waals surface area (Å²) in [5.74, 6) is 0. The van der Waals surface area contributed by atoms with E-state index in [1.807, 2.05) is 6.07 Å². The Morgan fingerprint density at radius 3 is 2.05 bits per heavy atom. The van der Waals surface area contributed by atoms with Crippen LogP contribution in [0.1, 0.15) is 0 Å². The molecule has 0 bridgehead atoms. The third-order valence-corrected chi connectivity index (χ3v) is 3.96. The maximum absolute atomic E-state index is 3.55. The second-order valence-electron chi connectivity index (χ2n) is 5.37. The van der Waals surface area contributed by atoms with Gasteiger partial charge in [-0.15, -0.1) is 0 Å². The molecule has 1 radical (unpaired) electrons. The third-order valence-electron chi connectivity index (χ3n) is 3.96. The molecule has 0 spiro atoms. The molecule has 0 unspecified atom stereocenters. The minimum Gasteiger partial charge on any atom is -0.0622 e. The molecule has 0 saturated heterocycles. The van der Waals surface area contributed by atoms with Crippen molar-refractivity contribution >= 4 is 10.8 Å². The first-order valence-corrected chi connectivity index (χ1v) is 7.48. The second kappa shape index (κ2) is 5.50. The predicted octanol–water partition coefficient (Wildman–Crippen LogP) is 5.97. The highest BCUT2D eigenvalue weighted by atomic mass is 14.1. The van der Waals surface area contributed by atoms with Crippen LogP contribution in [0.3, 0.4) is 0 Å². The molecule has 4 rings (SSSR count). The molecule has 0 N–H and O–H groups in total. The van der Waals surface area contributed by atoms with Crippen LogP contribution in [0.15, 0.2) is 91.0 Å². The van der Waals surface area contributed by atoms with Crippen molar-refractivity contribution in [3.63, 3.8) is 0 Å². The summed E-state index contributed by atoms with van der Waals surface area (Å²) in [7, 11) is 0. The molecular formula is C22H15. The summed E-state index contributed by atoms with van der Waals surface area (Å²) in [6.45, 7) is 0. The number of benzene rings is 4. The Morgan fingerprint density at radius 2 is 1.18 bits per heavy atom. The van der Waals surface area contributed by atoms with E-state index in [0.717, 1.165) is 10.9 Å². The summed E-state index contributed by atoms with van der Waals surface area (Å²) in [6, 6.07) is 35.3. The minimum atomic E-state index is 1.14. The van der Waals surface area contributed by atoms with Crippen LogP contribution in [-0.2, 0) is 0 Å². The van der Waals surface area contributed by atoms with Gasteiger partial charge in [-0.25, -0.2) is 0 Å². The van der Waals surface area contributed by atoms with E-state index in [-0.39, 0.29) is 0 Å². The van der Waals surface area contributed by atoms with Crippen LogP contribution < -0.4 is 0 Å². The summed E-state index contributed by atoms with van der Waals surface area (Å²) >= 11 is 0. The van der Waals surface area contributed by atoms with E-state index in [4.69, 9.17) is 0 Å². The van der Waals surface area contributed by atoms with E-state index >= 15 is 0 Å². The normalized spacial score (nSPS) is 10.7. The molecule has 0 amide bonds. The van der Waals surface area contributed by atoms with Gasteiger partial charge in [0.2, 0.25) is 0 Å². The Hall–Kier alpha value is -2.86. The molecular weight excluding hydrogens is 264 g/mol. The maximum atomic E-state index is 3.55. The molecule has 0 saturated carbocycles. The highest BCUT2D eigenvalue weighted by Crippen LogP contribution is 2.32. The summed E-state index contributed by atoms with van der Waals surface area (Å²) in [5.41, 5.74) is 4.84. The van der Waals surface area contributed by atoms with Gasteiger partial charge in [-0.2, -0.15) is 0 Å². The van der Waals surface area contributed by atoms with Gasteiger partial charge in [0, 0.05) is 0 Å². The Labute approximate surface area is 130 Å². The highest BCUT2D eigenvalue weighted by Gasteiger charge is 2.07. The van der Waals surface area contributed by atoms with Crippen LogP contribution in [0.5, 0.6) is 0 Å². The van der Waals surface area contributed by atoms with Gasteiger partial charge in [0.15, 0.2) is 0 Å². The van der Waals surface area contributed by atoms with Crippen LogP contribution in [0, 0.1) is 6.07 Å². The van der Waals surface area contributed by atoms with E-state index in [2.05, 4.69) is 91.0 Å². The highest BCUT2D eigenvalue weighted by molar-refractivity contribution is 5.90. The van der Waals surface area contributed by atoms with Crippen molar-refractivity contribution in [1.82, 2.24) is 0 Å². The standard InChI is InChI=1S/C22H15/c1-2-9-18(10-3-1)21-12-6-7-13-22(21)20-15-14-17-8-4-5-11-19(17)16-20/h1-15H. The largest absolute Gasteiger partial charge is 0.0622 e. The van der Waals surface area contributed by atoms with Gasteiger partial charge in [0.25, 0.3) is 0 Å². The lowest BCUT2D eigenvalue weighted by Gasteiger charge is -2.10. The van der Waals surface area contributed by atoms with Crippen LogP contribution in [0.4, 0.5) is 0 Å². The Kier molecular flexibility index (Phi) is 3.21. The number of fused-ring (bicyclic) bond motifs is 1. The molecule has 4 aromatic carbocycles. The Balaban J connectivity index is 1.92. The summed E-state index contributed by atoms with van der Waals surface area (Å²) < 4.78 is 0. The molecule has 103 valence electrons. The van der Waals surface area contributed by atoms with Crippen molar-refractivity contribution in [1.29, 1.82) is 0 Å². The lowest BCUT2D eigenvalue weighted by Crippen LogP contribution is -1.85. The maximum Gasteiger partial charge on any atom is -0.00141 e. The van der Waals surface area contributed by atoms with E-state index < -0.39 is 0 Å². The molecule has 22 heavy (non-hydrogen) atoms. The summed E-state index contributed by atoms with van der Waals surface area (Å²) in [6.07, 6.45) is 0. The van der Waals surface area contributed by atoms with Crippen molar-refractivity contribution < 1.29 is 0 Å². The van der Waals surface area contributed by atoms with Crippen molar-refractivity contribution in [2.75, 3.05) is 0 Å². The topological polar surface area (TPSA) is 0 Å². The molecule has 0 fully saturated rings. The lowest BCUT2D eigenvalue weighted by molar-refractivity contribution is 1.59. The number of hydrogen-bond donors (Lipinski definition) is 0. The van der Waals surface area contributed by atoms with Crippen molar-refractivity contribution in [3.8, 4) is 22.3 Å². The monoisotopic (exact) mass is 279 g/mol. The molecule has 0 nitrogen and oxygen atoms in total. The van der Waals surface area contributed by atoms with Gasteiger partial charge >= 0.3 is 0 Å². The SMILES string of the molecule is [c]1c(-c2ccccc2-c2ccccc2)ccc2ccccc12. The first-order chi connectivity index (χ1) is 10.9. The van der Waals surface area contributed by atoms with Crippen LogP contribution >= 0.6 is 0 Å². The van der Waals surface area contributed by atoms with E-state index in [1.54, 1.807) is 0 Å². The molecule has 4 aromatic rings. The first kappa shape index (κ1) is 12.8. The smallest absolute Gasteiger partial charge is 0.00141 e. The van der Waals surface area contributed by atoms with Crippen LogP contribution in [0.2, 0.25) is 0 Å². The molecule has 0 aromatic heterocycles. The number of hydrogen-bond acceptors (Lipinski definition) is 0. The van der Waals surface area contributed by atoms with Gasteiger partial charge in [-0.05, 0) is 39.1 Å². The molecule has 0 heteroatoms. The van der Waals surface area contributed by atoms with Gasteiger partial charge in [0.1, 0.15) is 0 Å². The van der Waals surface area contributed by atoms with Gasteiger partial charge in [-0.1, -0.05) is 91.0 Å². The van der Waals surface area contributed by atoms with Gasteiger partial charge in [-0.3, -0.25) is 0 Å². The zero-order chi connectivity index (χ0) is 14.8. The zero-order valence-electron chi connectivity index (χ0n) is 12.2. The van der Waals surface area contributed by atoms with Gasteiger partial charge < -0.3 is 0 Å². The van der Waals surface area contributed by atoms with Crippen molar-refractivity contribution in [3.05, 3.63) is 97.1 Å². The molecule has 0 aliphatic rings. The summed E-state index contributed by atoms with van der Waals surface area (Å²) in [5, 5.41) is 2.38. The lowest BCUT2D eigenvalue weighted by atomic mass is 9.93. The van der Waals surface area contributed by atoms with Gasteiger partial charge in [0.05, 0.1) is 0 Å². The molecule has 0 atom stereocenters. The minimum absolute atomic E-state index is 1.14. The fourth-order valence-corrected chi connectivity index (χ4v) is 2.86. The zero-order valence-corrected chi connectivity index (χ0v) is 12.2. The van der Waals surface area contributed by atoms with Crippen LogP contribution in [-0.4, -0.2) is 0 Å². The van der Waals surface area contributed by atoms with E-state index in [0.29, 0.717) is 0 Å². The van der Waals surface area contributed by atoms with E-state index in [9.17, 15) is 0 Å². The first-order valence-electron chi connectivity index (χ1n) is 7.48.